The van der Waals surface area contributed by atoms with Gasteiger partial charge < -0.3 is 4.40 Å². The Labute approximate surface area is 168 Å². The third-order valence-corrected chi connectivity index (χ3v) is 6.47. The number of rotatable bonds is 1. The minimum absolute atomic E-state index is 0.144. The van der Waals surface area contributed by atoms with Crippen molar-refractivity contribution in [2.45, 2.75) is 26.7 Å². The highest BCUT2D eigenvalue weighted by molar-refractivity contribution is 6.25. The number of fused-ring (bicyclic) bond motifs is 5. The summed E-state index contributed by atoms with van der Waals surface area (Å²) in [5.41, 5.74) is 6.65. The normalized spacial score (nSPS) is 12.6. The highest BCUT2D eigenvalue weighted by Crippen LogP contribution is 2.42. The van der Waals surface area contributed by atoms with Crippen LogP contribution in [0.15, 0.2) is 54.7 Å². The standard InChI is InChI=1S/C26H22FN2/c1-14(2)17-12-16-9-10-28(4)25-22-15(3)11-19(27)24-18-7-5-6-8-20(18)29(26(22)24)21(13-17)23(16)25/h5-14H,1-4H3/q+1. The first-order chi connectivity index (χ1) is 14.0. The summed E-state index contributed by atoms with van der Waals surface area (Å²) in [5.74, 6) is 0.274. The molecule has 0 radical (unpaired) electrons. The molecule has 0 spiro atoms. The molecule has 29 heavy (non-hydrogen) atoms. The molecule has 0 aliphatic carbocycles. The Kier molecular flexibility index (Phi) is 3.14. The SMILES string of the molecule is Cc1cc(F)c2c3ccccc3n3c4cc(C(C)C)cc5cc[n+](C)c(c1c23)c54. The Balaban J connectivity index is 2.11. The molecule has 0 fully saturated rings. The summed E-state index contributed by atoms with van der Waals surface area (Å²) in [6.45, 7) is 6.47. The van der Waals surface area contributed by atoms with Crippen LogP contribution in [-0.4, -0.2) is 4.40 Å². The quantitative estimate of drug-likeness (QED) is 0.177. The number of hydrogen-bond acceptors (Lipinski definition) is 0. The van der Waals surface area contributed by atoms with E-state index in [0.29, 0.717) is 5.92 Å². The van der Waals surface area contributed by atoms with E-state index in [2.05, 4.69) is 60.3 Å². The van der Waals surface area contributed by atoms with E-state index in [4.69, 9.17) is 0 Å². The minimum atomic E-state index is -0.144. The Morgan fingerprint density at radius 1 is 0.931 bits per heavy atom. The molecular weight excluding hydrogens is 359 g/mol. The number of benzene rings is 3. The fourth-order valence-electron chi connectivity index (χ4n) is 5.10. The van der Waals surface area contributed by atoms with Crippen LogP contribution in [0.3, 0.4) is 0 Å². The van der Waals surface area contributed by atoms with E-state index in [1.54, 1.807) is 6.07 Å². The topological polar surface area (TPSA) is 8.29 Å². The summed E-state index contributed by atoms with van der Waals surface area (Å²) >= 11 is 0. The van der Waals surface area contributed by atoms with Gasteiger partial charge in [-0.3, -0.25) is 0 Å². The summed E-state index contributed by atoms with van der Waals surface area (Å²) in [6.07, 6.45) is 2.12. The van der Waals surface area contributed by atoms with Gasteiger partial charge in [0.05, 0.1) is 27.3 Å². The Morgan fingerprint density at radius 3 is 2.52 bits per heavy atom. The van der Waals surface area contributed by atoms with Crippen LogP contribution < -0.4 is 4.57 Å². The predicted octanol–water partition coefficient (Wildman–Crippen LogP) is 6.39. The second-order valence-corrected chi connectivity index (χ2v) is 8.56. The maximum atomic E-state index is 15.3. The molecule has 0 atom stereocenters. The second kappa shape index (κ2) is 5.44. The summed E-state index contributed by atoms with van der Waals surface area (Å²) in [7, 11) is 2.09. The summed E-state index contributed by atoms with van der Waals surface area (Å²) in [5, 5.41) is 5.30. The first-order valence-electron chi connectivity index (χ1n) is 10.2. The lowest BCUT2D eigenvalue weighted by atomic mass is 9.95. The molecule has 0 bridgehead atoms. The van der Waals surface area contributed by atoms with E-state index in [0.717, 1.165) is 38.3 Å². The maximum absolute atomic E-state index is 15.3. The fourth-order valence-corrected chi connectivity index (χ4v) is 5.10. The van der Waals surface area contributed by atoms with Gasteiger partial charge in [0.25, 0.3) is 0 Å². The van der Waals surface area contributed by atoms with Crippen molar-refractivity contribution in [3.05, 3.63) is 71.7 Å². The molecule has 3 aromatic carbocycles. The van der Waals surface area contributed by atoms with Crippen LogP contribution in [0.4, 0.5) is 4.39 Å². The van der Waals surface area contributed by atoms with Gasteiger partial charge in [-0.05, 0) is 47.6 Å². The molecule has 0 aliphatic rings. The van der Waals surface area contributed by atoms with Crippen molar-refractivity contribution < 1.29 is 8.96 Å². The van der Waals surface area contributed by atoms with Gasteiger partial charge in [-0.15, -0.1) is 0 Å². The van der Waals surface area contributed by atoms with Gasteiger partial charge in [0.15, 0.2) is 6.20 Å². The molecule has 0 saturated carbocycles. The molecule has 0 saturated heterocycles. The molecule has 2 nitrogen and oxygen atoms in total. The van der Waals surface area contributed by atoms with Crippen molar-refractivity contribution in [1.82, 2.24) is 4.40 Å². The number of aryl methyl sites for hydroxylation is 2. The van der Waals surface area contributed by atoms with Gasteiger partial charge in [-0.2, -0.15) is 0 Å². The van der Waals surface area contributed by atoms with Gasteiger partial charge in [0, 0.05) is 16.8 Å². The van der Waals surface area contributed by atoms with Crippen molar-refractivity contribution in [3.8, 4) is 0 Å². The fraction of sp³-hybridized carbons (Fsp3) is 0.192. The number of para-hydroxylation sites is 1. The number of nitrogens with zero attached hydrogens (tertiary/aromatic N) is 2. The zero-order valence-electron chi connectivity index (χ0n) is 17.0. The van der Waals surface area contributed by atoms with Gasteiger partial charge in [-0.1, -0.05) is 38.1 Å². The third-order valence-electron chi connectivity index (χ3n) is 6.47. The lowest BCUT2D eigenvalue weighted by Gasteiger charge is -2.15. The largest absolute Gasteiger partial charge is 0.307 e. The highest BCUT2D eigenvalue weighted by atomic mass is 19.1. The maximum Gasteiger partial charge on any atom is 0.224 e. The molecule has 0 amide bonds. The molecule has 6 rings (SSSR count). The summed E-state index contributed by atoms with van der Waals surface area (Å²) in [6, 6.07) is 16.7. The molecule has 3 aromatic heterocycles. The van der Waals surface area contributed by atoms with Gasteiger partial charge in [-0.25, -0.2) is 8.96 Å². The Hall–Kier alpha value is -3.20. The van der Waals surface area contributed by atoms with Crippen molar-refractivity contribution in [2.75, 3.05) is 0 Å². The first kappa shape index (κ1) is 16.7. The number of pyridine rings is 2. The molecule has 142 valence electrons. The van der Waals surface area contributed by atoms with Crippen LogP contribution in [-0.2, 0) is 7.05 Å². The average Bonchev–Trinajstić information content (AvgIpc) is 3.05. The summed E-state index contributed by atoms with van der Waals surface area (Å²) < 4.78 is 19.8. The third kappa shape index (κ3) is 1.97. The number of hydrogen-bond donors (Lipinski definition) is 0. The zero-order chi connectivity index (χ0) is 20.0. The molecule has 3 heteroatoms. The van der Waals surface area contributed by atoms with Gasteiger partial charge in [0.2, 0.25) is 5.52 Å². The van der Waals surface area contributed by atoms with Crippen LogP contribution in [0.2, 0.25) is 0 Å². The minimum Gasteiger partial charge on any atom is -0.307 e. The van der Waals surface area contributed by atoms with Crippen molar-refractivity contribution in [3.63, 3.8) is 0 Å². The lowest BCUT2D eigenvalue weighted by molar-refractivity contribution is -0.643. The molecule has 0 aliphatic heterocycles. The second-order valence-electron chi connectivity index (χ2n) is 8.56. The Morgan fingerprint density at radius 2 is 1.72 bits per heavy atom. The van der Waals surface area contributed by atoms with Gasteiger partial charge >= 0.3 is 0 Å². The zero-order valence-corrected chi connectivity index (χ0v) is 17.0. The van der Waals surface area contributed by atoms with E-state index < -0.39 is 0 Å². The molecule has 0 unspecified atom stereocenters. The van der Waals surface area contributed by atoms with Crippen molar-refractivity contribution >= 4 is 49.0 Å². The molecule has 3 heterocycles. The van der Waals surface area contributed by atoms with Gasteiger partial charge in [0.1, 0.15) is 12.9 Å². The lowest BCUT2D eigenvalue weighted by Crippen LogP contribution is -2.29. The average molecular weight is 381 g/mol. The van der Waals surface area contributed by atoms with E-state index in [1.165, 1.54) is 21.9 Å². The van der Waals surface area contributed by atoms with Crippen LogP contribution >= 0.6 is 0 Å². The molecular formula is C26H22FN2+. The van der Waals surface area contributed by atoms with E-state index >= 15 is 4.39 Å². The number of aromatic nitrogens is 2. The Bertz CT molecular complexity index is 1600. The van der Waals surface area contributed by atoms with E-state index in [9.17, 15) is 0 Å². The first-order valence-corrected chi connectivity index (χ1v) is 10.2. The smallest absolute Gasteiger partial charge is 0.224 e. The van der Waals surface area contributed by atoms with E-state index in [-0.39, 0.29) is 5.82 Å². The van der Waals surface area contributed by atoms with Crippen LogP contribution in [0, 0.1) is 12.7 Å². The molecule has 0 N–H and O–H groups in total. The van der Waals surface area contributed by atoms with Crippen LogP contribution in [0.25, 0.3) is 49.0 Å². The highest BCUT2D eigenvalue weighted by Gasteiger charge is 2.26. The number of halogens is 1. The molecule has 6 aromatic rings. The monoisotopic (exact) mass is 381 g/mol. The summed E-state index contributed by atoms with van der Waals surface area (Å²) in [4.78, 5) is 0. The van der Waals surface area contributed by atoms with Crippen LogP contribution in [0.5, 0.6) is 0 Å². The van der Waals surface area contributed by atoms with Crippen molar-refractivity contribution in [2.24, 2.45) is 7.05 Å². The van der Waals surface area contributed by atoms with Crippen molar-refractivity contribution in [1.29, 1.82) is 0 Å². The van der Waals surface area contributed by atoms with Crippen LogP contribution in [0.1, 0.15) is 30.9 Å². The van der Waals surface area contributed by atoms with E-state index in [1.807, 2.05) is 25.1 Å². The predicted molar refractivity (Wildman–Crippen MR) is 119 cm³/mol.